The molecule has 1 rings (SSSR count). The summed E-state index contributed by atoms with van der Waals surface area (Å²) in [6.07, 6.45) is 3.93. The van der Waals surface area contributed by atoms with Crippen molar-refractivity contribution in [2.45, 2.75) is 51.7 Å². The van der Waals surface area contributed by atoms with Crippen molar-refractivity contribution in [1.29, 1.82) is 0 Å². The summed E-state index contributed by atoms with van der Waals surface area (Å²) >= 11 is 0. The minimum Gasteiger partial charge on any atom is -0.655 e. The smallest absolute Gasteiger partial charge is 0.0518 e. The van der Waals surface area contributed by atoms with Crippen LogP contribution in [0, 0.1) is 31.1 Å². The number of hydrogen-bond acceptors (Lipinski definition) is 1. The predicted octanol–water partition coefficient (Wildman–Crippen LogP) is 2.73. The molecule has 0 spiro atoms. The zero-order valence-corrected chi connectivity index (χ0v) is 13.1. The van der Waals surface area contributed by atoms with Gasteiger partial charge in [-0.15, -0.1) is 6.54 Å². The third-order valence-electron chi connectivity index (χ3n) is 2.59. The fourth-order valence-electron chi connectivity index (χ4n) is 1.63. The number of ether oxygens (including phenoxy) is 1. The van der Waals surface area contributed by atoms with Crippen LogP contribution in [-0.4, -0.2) is 24.8 Å². The normalized spacial score (nSPS) is 27.7. The van der Waals surface area contributed by atoms with Crippen molar-refractivity contribution >= 4 is 0 Å². The summed E-state index contributed by atoms with van der Waals surface area (Å²) in [6, 6.07) is 0. The van der Waals surface area contributed by atoms with E-state index < -0.39 is 0 Å². The summed E-state index contributed by atoms with van der Waals surface area (Å²) < 4.78 is 5.63. The zero-order chi connectivity index (χ0) is 9.03. The molecule has 0 saturated carbocycles. The molecule has 0 aromatic heterocycles. The zero-order valence-electron chi connectivity index (χ0n) is 8.97. The molecule has 0 aliphatic carbocycles. The van der Waals surface area contributed by atoms with Crippen molar-refractivity contribution in [3.63, 3.8) is 0 Å². The third kappa shape index (κ3) is 4.34. The molecular weight excluding hydrogens is 388 g/mol. The largest absolute Gasteiger partial charge is 0.655 e. The standard InChI is InChI=1S/C10H20NO.U/c1-4-10(6-5-7-11-10)8-12-9(2)3;/h9H,4-8H2,1-3H3;/q-1;. The minimum absolute atomic E-state index is 0. The van der Waals surface area contributed by atoms with Crippen LogP contribution in [0.2, 0.25) is 0 Å². The monoisotopic (exact) mass is 408 g/mol. The Labute approximate surface area is 106 Å². The van der Waals surface area contributed by atoms with Crippen molar-refractivity contribution in [1.82, 2.24) is 0 Å². The van der Waals surface area contributed by atoms with Crippen LogP contribution in [0.4, 0.5) is 0 Å². The second-order valence-electron chi connectivity index (χ2n) is 3.92. The van der Waals surface area contributed by atoms with E-state index in [0.29, 0.717) is 6.10 Å². The maximum Gasteiger partial charge on any atom is 0.0518 e. The first-order valence-electron chi connectivity index (χ1n) is 4.99. The van der Waals surface area contributed by atoms with Crippen LogP contribution in [0.3, 0.4) is 0 Å². The van der Waals surface area contributed by atoms with Crippen LogP contribution in [0.1, 0.15) is 40.0 Å². The van der Waals surface area contributed by atoms with Crippen LogP contribution in [0.15, 0.2) is 0 Å². The van der Waals surface area contributed by atoms with Gasteiger partial charge in [-0.3, -0.25) is 0 Å². The van der Waals surface area contributed by atoms with E-state index in [9.17, 15) is 0 Å². The summed E-state index contributed by atoms with van der Waals surface area (Å²) in [6.45, 7) is 8.23. The molecule has 1 aliphatic heterocycles. The quantitative estimate of drug-likeness (QED) is 0.702. The van der Waals surface area contributed by atoms with Gasteiger partial charge < -0.3 is 10.1 Å². The molecule has 3 heteroatoms. The second-order valence-corrected chi connectivity index (χ2v) is 3.92. The Morgan fingerprint density at radius 1 is 1.46 bits per heavy atom. The average molecular weight is 408 g/mol. The Balaban J connectivity index is 0.00000144. The first-order valence-corrected chi connectivity index (χ1v) is 4.99. The van der Waals surface area contributed by atoms with Gasteiger partial charge in [0.2, 0.25) is 0 Å². The van der Waals surface area contributed by atoms with E-state index in [1.54, 1.807) is 0 Å². The first kappa shape index (κ1) is 14.0. The molecule has 13 heavy (non-hydrogen) atoms. The summed E-state index contributed by atoms with van der Waals surface area (Å²) in [5.74, 6) is 0. The van der Waals surface area contributed by atoms with Crippen LogP contribution in [-0.2, 0) is 4.74 Å². The molecule has 1 unspecified atom stereocenters. The van der Waals surface area contributed by atoms with E-state index in [2.05, 4.69) is 26.1 Å². The maximum absolute atomic E-state index is 5.63. The third-order valence-corrected chi connectivity index (χ3v) is 2.59. The van der Waals surface area contributed by atoms with Gasteiger partial charge in [-0.2, -0.15) is 0 Å². The van der Waals surface area contributed by atoms with Crippen molar-refractivity contribution in [3.8, 4) is 0 Å². The van der Waals surface area contributed by atoms with Gasteiger partial charge >= 0.3 is 0 Å². The van der Waals surface area contributed by atoms with Gasteiger partial charge in [0.15, 0.2) is 0 Å². The Morgan fingerprint density at radius 3 is 2.54 bits per heavy atom. The molecule has 0 bridgehead atoms. The summed E-state index contributed by atoms with van der Waals surface area (Å²) in [5.41, 5.74) is 0.171. The van der Waals surface area contributed by atoms with Gasteiger partial charge in [0.05, 0.1) is 6.10 Å². The van der Waals surface area contributed by atoms with Crippen LogP contribution in [0.5, 0.6) is 0 Å². The Hall–Kier alpha value is 0.972. The average Bonchev–Trinajstić information content (AvgIpc) is 2.50. The van der Waals surface area contributed by atoms with Gasteiger partial charge in [0.25, 0.3) is 0 Å². The molecule has 76 valence electrons. The molecule has 1 heterocycles. The molecular formula is C10H20NOU-. The fourth-order valence-corrected chi connectivity index (χ4v) is 1.63. The van der Waals surface area contributed by atoms with E-state index in [4.69, 9.17) is 4.74 Å². The van der Waals surface area contributed by atoms with Gasteiger partial charge in [-0.25, -0.2) is 0 Å². The minimum atomic E-state index is 0. The number of hydrogen-bond donors (Lipinski definition) is 0. The van der Waals surface area contributed by atoms with Gasteiger partial charge in [-0.1, -0.05) is 31.7 Å². The SMILES string of the molecule is CCC1(COC(C)C)CCC[N-]1.[U]. The molecule has 2 nitrogen and oxygen atoms in total. The van der Waals surface area contributed by atoms with Gasteiger partial charge in [-0.05, 0) is 13.8 Å². The van der Waals surface area contributed by atoms with Crippen LogP contribution in [0.25, 0.3) is 5.32 Å². The van der Waals surface area contributed by atoms with Crippen LogP contribution >= 0.6 is 0 Å². The molecule has 0 aromatic rings. The van der Waals surface area contributed by atoms with Crippen molar-refractivity contribution in [3.05, 3.63) is 5.32 Å². The van der Waals surface area contributed by atoms with Gasteiger partial charge in [0, 0.05) is 37.7 Å². The van der Waals surface area contributed by atoms with Crippen LogP contribution < -0.4 is 0 Å². The topological polar surface area (TPSA) is 23.3 Å². The van der Waals surface area contributed by atoms with Crippen molar-refractivity contribution < 1.29 is 35.9 Å². The summed E-state index contributed by atoms with van der Waals surface area (Å²) in [5, 5.41) is 4.63. The van der Waals surface area contributed by atoms with E-state index >= 15 is 0 Å². The molecule has 0 N–H and O–H groups in total. The van der Waals surface area contributed by atoms with Crippen molar-refractivity contribution in [2.24, 2.45) is 0 Å². The second kappa shape index (κ2) is 6.45. The Morgan fingerprint density at radius 2 is 2.15 bits per heavy atom. The molecule has 0 amide bonds. The molecule has 1 saturated heterocycles. The Bertz CT molecular complexity index is 133. The van der Waals surface area contributed by atoms with Gasteiger partial charge in [0.1, 0.15) is 0 Å². The maximum atomic E-state index is 5.63. The summed E-state index contributed by atoms with van der Waals surface area (Å²) in [7, 11) is 0. The van der Waals surface area contributed by atoms with E-state index in [1.807, 2.05) is 0 Å². The number of rotatable bonds is 4. The fraction of sp³-hybridized carbons (Fsp3) is 1.00. The van der Waals surface area contributed by atoms with E-state index in [0.717, 1.165) is 19.6 Å². The first-order chi connectivity index (χ1) is 5.68. The summed E-state index contributed by atoms with van der Waals surface area (Å²) in [4.78, 5) is 0. The molecule has 1 atom stereocenters. The van der Waals surface area contributed by atoms with E-state index in [-0.39, 0.29) is 36.7 Å². The predicted molar refractivity (Wildman–Crippen MR) is 51.6 cm³/mol. The van der Waals surface area contributed by atoms with E-state index in [1.165, 1.54) is 12.8 Å². The van der Waals surface area contributed by atoms with Crippen molar-refractivity contribution in [2.75, 3.05) is 13.2 Å². The Kier molecular flexibility index (Phi) is 6.94. The molecule has 0 radical (unpaired) electrons. The molecule has 1 fully saturated rings. The number of nitrogens with zero attached hydrogens (tertiary/aromatic N) is 1. The molecule has 0 aromatic carbocycles. The molecule has 1 aliphatic rings.